The van der Waals surface area contributed by atoms with E-state index < -0.39 is 0 Å². The van der Waals surface area contributed by atoms with Crippen molar-refractivity contribution < 1.29 is 0 Å². The highest BCUT2D eigenvalue weighted by Gasteiger charge is 2.12. The number of benzene rings is 1. The first-order valence-corrected chi connectivity index (χ1v) is 7.05. The zero-order valence-corrected chi connectivity index (χ0v) is 12.9. The number of thiocarbonyl (C=S) groups is 1. The average Bonchev–Trinajstić information content (AvgIpc) is 2.41. The van der Waals surface area contributed by atoms with Crippen LogP contribution in [-0.4, -0.2) is 16.5 Å². The number of anilines is 2. The second-order valence-electron chi connectivity index (χ2n) is 4.75. The van der Waals surface area contributed by atoms with Crippen molar-refractivity contribution in [1.82, 2.24) is 4.98 Å². The van der Waals surface area contributed by atoms with Gasteiger partial charge >= 0.3 is 0 Å². The van der Waals surface area contributed by atoms with Gasteiger partial charge in [0, 0.05) is 23.5 Å². The molecule has 0 atom stereocenters. The molecular formula is C16H19N3S. The number of aryl methyl sites for hydroxylation is 2. The van der Waals surface area contributed by atoms with Crippen LogP contribution in [0.25, 0.3) is 0 Å². The maximum Gasteiger partial charge on any atom is 0.133 e. The standard InChI is InChI=1S/C16H19N3S/c1-4-19(14-8-6-5-7-11(14)2)15-10-13(16(17)20)9-12(3)18-15/h5-10H,4H2,1-3H3,(H2,17,20). The quantitative estimate of drug-likeness (QED) is 0.873. The zero-order valence-electron chi connectivity index (χ0n) is 12.1. The van der Waals surface area contributed by atoms with E-state index >= 15 is 0 Å². The number of nitrogens with two attached hydrogens (primary N) is 1. The Morgan fingerprint density at radius 3 is 2.55 bits per heavy atom. The van der Waals surface area contributed by atoms with Gasteiger partial charge in [-0.2, -0.15) is 0 Å². The molecule has 0 amide bonds. The number of nitrogens with zero attached hydrogens (tertiary/aromatic N) is 2. The molecule has 0 aliphatic heterocycles. The normalized spacial score (nSPS) is 10.3. The molecule has 2 N–H and O–H groups in total. The summed E-state index contributed by atoms with van der Waals surface area (Å²) < 4.78 is 0. The number of hydrogen-bond donors (Lipinski definition) is 1. The molecule has 0 aliphatic carbocycles. The molecule has 2 aromatic rings. The van der Waals surface area contributed by atoms with E-state index in [2.05, 4.69) is 35.9 Å². The fourth-order valence-corrected chi connectivity index (χ4v) is 2.37. The summed E-state index contributed by atoms with van der Waals surface area (Å²) >= 11 is 5.08. The van der Waals surface area contributed by atoms with Gasteiger partial charge in [-0.05, 0) is 44.5 Å². The number of rotatable bonds is 4. The Kier molecular flexibility index (Phi) is 4.35. The fraction of sp³-hybridized carbons (Fsp3) is 0.250. The minimum Gasteiger partial charge on any atom is -0.389 e. The van der Waals surface area contributed by atoms with Crippen molar-refractivity contribution >= 4 is 28.7 Å². The van der Waals surface area contributed by atoms with E-state index in [0.717, 1.165) is 29.3 Å². The highest BCUT2D eigenvalue weighted by Crippen LogP contribution is 2.27. The minimum atomic E-state index is 0.401. The molecule has 0 spiro atoms. The summed E-state index contributed by atoms with van der Waals surface area (Å²) in [4.78, 5) is 7.19. The first-order valence-electron chi connectivity index (χ1n) is 6.64. The van der Waals surface area contributed by atoms with E-state index in [1.54, 1.807) is 0 Å². The molecule has 20 heavy (non-hydrogen) atoms. The highest BCUT2D eigenvalue weighted by atomic mass is 32.1. The minimum absolute atomic E-state index is 0.401. The second-order valence-corrected chi connectivity index (χ2v) is 5.19. The monoisotopic (exact) mass is 285 g/mol. The summed E-state index contributed by atoms with van der Waals surface area (Å²) in [6, 6.07) is 12.1. The van der Waals surface area contributed by atoms with E-state index in [9.17, 15) is 0 Å². The molecule has 2 rings (SSSR count). The van der Waals surface area contributed by atoms with E-state index in [4.69, 9.17) is 18.0 Å². The molecule has 1 aromatic carbocycles. The van der Waals surface area contributed by atoms with Gasteiger partial charge in [-0.1, -0.05) is 30.4 Å². The molecule has 0 saturated heterocycles. The van der Waals surface area contributed by atoms with Crippen molar-refractivity contribution in [2.24, 2.45) is 5.73 Å². The summed E-state index contributed by atoms with van der Waals surface area (Å²) in [5.41, 5.74) is 9.89. The van der Waals surface area contributed by atoms with Crippen LogP contribution in [0.15, 0.2) is 36.4 Å². The lowest BCUT2D eigenvalue weighted by molar-refractivity contribution is 0.972. The van der Waals surface area contributed by atoms with Crippen LogP contribution in [0, 0.1) is 13.8 Å². The molecule has 0 fully saturated rings. The van der Waals surface area contributed by atoms with Crippen molar-refractivity contribution in [2.75, 3.05) is 11.4 Å². The number of pyridine rings is 1. The van der Waals surface area contributed by atoms with Crippen LogP contribution >= 0.6 is 12.2 Å². The molecule has 0 unspecified atom stereocenters. The lowest BCUT2D eigenvalue weighted by atomic mass is 10.1. The predicted octanol–water partition coefficient (Wildman–Crippen LogP) is 3.49. The zero-order chi connectivity index (χ0) is 14.7. The first-order chi connectivity index (χ1) is 9.52. The van der Waals surface area contributed by atoms with Crippen LogP contribution in [0.4, 0.5) is 11.5 Å². The third kappa shape index (κ3) is 2.96. The van der Waals surface area contributed by atoms with Crippen LogP contribution in [0.2, 0.25) is 0 Å². The summed E-state index contributed by atoms with van der Waals surface area (Å²) in [5, 5.41) is 0. The molecular weight excluding hydrogens is 266 g/mol. The van der Waals surface area contributed by atoms with Gasteiger partial charge in [-0.25, -0.2) is 4.98 Å². The Balaban J connectivity index is 2.52. The topological polar surface area (TPSA) is 42.1 Å². The lowest BCUT2D eigenvalue weighted by Crippen LogP contribution is -2.20. The smallest absolute Gasteiger partial charge is 0.133 e. The molecule has 0 bridgehead atoms. The van der Waals surface area contributed by atoms with Gasteiger partial charge in [0.15, 0.2) is 0 Å². The van der Waals surface area contributed by atoms with Crippen molar-refractivity contribution in [3.8, 4) is 0 Å². The van der Waals surface area contributed by atoms with Gasteiger partial charge in [0.2, 0.25) is 0 Å². The van der Waals surface area contributed by atoms with Crippen LogP contribution in [0.3, 0.4) is 0 Å². The molecule has 4 heteroatoms. The SMILES string of the molecule is CCN(c1cc(C(N)=S)cc(C)n1)c1ccccc1C. The fourth-order valence-electron chi connectivity index (χ4n) is 2.25. The van der Waals surface area contributed by atoms with Crippen LogP contribution in [0.1, 0.15) is 23.7 Å². The van der Waals surface area contributed by atoms with E-state index in [-0.39, 0.29) is 0 Å². The maximum absolute atomic E-state index is 5.75. The summed E-state index contributed by atoms with van der Waals surface area (Å²) in [6.07, 6.45) is 0. The largest absolute Gasteiger partial charge is 0.389 e. The van der Waals surface area contributed by atoms with Gasteiger partial charge in [0.1, 0.15) is 10.8 Å². The third-order valence-corrected chi connectivity index (χ3v) is 3.46. The van der Waals surface area contributed by atoms with Crippen LogP contribution in [0.5, 0.6) is 0 Å². The Hall–Kier alpha value is -1.94. The van der Waals surface area contributed by atoms with Crippen molar-refractivity contribution in [2.45, 2.75) is 20.8 Å². The van der Waals surface area contributed by atoms with E-state index in [1.165, 1.54) is 5.56 Å². The van der Waals surface area contributed by atoms with Gasteiger partial charge in [0.25, 0.3) is 0 Å². The number of hydrogen-bond acceptors (Lipinski definition) is 3. The number of aromatic nitrogens is 1. The van der Waals surface area contributed by atoms with E-state index in [1.807, 2.05) is 31.2 Å². The Labute approximate surface area is 125 Å². The molecule has 0 saturated carbocycles. The maximum atomic E-state index is 5.75. The molecule has 0 radical (unpaired) electrons. The van der Waals surface area contributed by atoms with Crippen LogP contribution < -0.4 is 10.6 Å². The van der Waals surface area contributed by atoms with Crippen molar-refractivity contribution in [3.63, 3.8) is 0 Å². The van der Waals surface area contributed by atoms with Gasteiger partial charge in [-0.3, -0.25) is 0 Å². The van der Waals surface area contributed by atoms with Gasteiger partial charge < -0.3 is 10.6 Å². The van der Waals surface area contributed by atoms with Crippen LogP contribution in [-0.2, 0) is 0 Å². The summed E-state index contributed by atoms with van der Waals surface area (Å²) in [7, 11) is 0. The third-order valence-electron chi connectivity index (χ3n) is 3.22. The first kappa shape index (κ1) is 14.5. The van der Waals surface area contributed by atoms with E-state index in [0.29, 0.717) is 4.99 Å². The highest BCUT2D eigenvalue weighted by molar-refractivity contribution is 7.80. The molecule has 1 aromatic heterocycles. The summed E-state index contributed by atoms with van der Waals surface area (Å²) in [5.74, 6) is 0.879. The molecule has 3 nitrogen and oxygen atoms in total. The molecule has 1 heterocycles. The number of para-hydroxylation sites is 1. The Bertz CT molecular complexity index is 637. The molecule has 104 valence electrons. The predicted molar refractivity (Wildman–Crippen MR) is 88.7 cm³/mol. The molecule has 0 aliphatic rings. The summed E-state index contributed by atoms with van der Waals surface area (Å²) in [6.45, 7) is 6.99. The lowest BCUT2D eigenvalue weighted by Gasteiger charge is -2.24. The van der Waals surface area contributed by atoms with Crippen molar-refractivity contribution in [3.05, 3.63) is 53.2 Å². The van der Waals surface area contributed by atoms with Crippen molar-refractivity contribution in [1.29, 1.82) is 0 Å². The Morgan fingerprint density at radius 1 is 1.25 bits per heavy atom. The average molecular weight is 285 g/mol. The Morgan fingerprint density at radius 2 is 1.95 bits per heavy atom. The van der Waals surface area contributed by atoms with Gasteiger partial charge in [-0.15, -0.1) is 0 Å². The van der Waals surface area contributed by atoms with Gasteiger partial charge in [0.05, 0.1) is 0 Å². The second kappa shape index (κ2) is 6.01.